The third-order valence-electron chi connectivity index (χ3n) is 3.97. The van der Waals surface area contributed by atoms with E-state index in [-0.39, 0.29) is 6.42 Å². The van der Waals surface area contributed by atoms with Gasteiger partial charge in [0, 0.05) is 5.92 Å². The quantitative estimate of drug-likeness (QED) is 0.933. The Morgan fingerprint density at radius 2 is 2.10 bits per heavy atom. The number of benzene rings is 1. The monoisotopic (exact) mass is 286 g/mol. The molecule has 1 aliphatic carbocycles. The van der Waals surface area contributed by atoms with Crippen LogP contribution in [0.15, 0.2) is 24.3 Å². The minimum Gasteiger partial charge on any atom is -0.481 e. The van der Waals surface area contributed by atoms with Gasteiger partial charge in [-0.05, 0) is 41.0 Å². The summed E-state index contributed by atoms with van der Waals surface area (Å²) in [4.78, 5) is 10.8. The van der Waals surface area contributed by atoms with E-state index in [0.29, 0.717) is 5.92 Å². The van der Waals surface area contributed by atoms with Crippen LogP contribution in [-0.2, 0) is 11.2 Å². The lowest BCUT2D eigenvalue weighted by Crippen LogP contribution is -2.12. The van der Waals surface area contributed by atoms with E-state index in [1.54, 1.807) is 4.68 Å². The molecule has 110 valence electrons. The van der Waals surface area contributed by atoms with Crippen LogP contribution in [-0.4, -0.2) is 31.3 Å². The van der Waals surface area contributed by atoms with Crippen LogP contribution in [0.2, 0.25) is 0 Å². The van der Waals surface area contributed by atoms with Gasteiger partial charge in [0.15, 0.2) is 5.82 Å². The van der Waals surface area contributed by atoms with Gasteiger partial charge in [-0.3, -0.25) is 4.79 Å². The topological polar surface area (TPSA) is 80.9 Å². The predicted octanol–water partition coefficient (Wildman–Crippen LogP) is 2.34. The molecule has 1 heterocycles. The third-order valence-corrected chi connectivity index (χ3v) is 3.97. The van der Waals surface area contributed by atoms with Gasteiger partial charge in [-0.15, -0.1) is 5.10 Å². The van der Waals surface area contributed by atoms with Gasteiger partial charge in [0.25, 0.3) is 0 Å². The van der Waals surface area contributed by atoms with E-state index in [1.165, 1.54) is 19.3 Å². The number of carbonyl (C=O) groups is 1. The molecule has 1 N–H and O–H groups in total. The second kappa shape index (κ2) is 6.03. The molecule has 3 rings (SSSR count). The average Bonchev–Trinajstić information content (AvgIpc) is 2.97. The Labute approximate surface area is 122 Å². The summed E-state index contributed by atoms with van der Waals surface area (Å²) in [6, 6.07) is 7.41. The Bertz CT molecular complexity index is 632. The number of rotatable bonds is 4. The molecular weight excluding hydrogens is 268 g/mol. The van der Waals surface area contributed by atoms with E-state index in [1.807, 2.05) is 24.3 Å². The molecule has 0 radical (unpaired) electrons. The summed E-state index contributed by atoms with van der Waals surface area (Å²) in [5, 5.41) is 21.0. The molecule has 0 saturated heterocycles. The Morgan fingerprint density at radius 1 is 1.29 bits per heavy atom. The third kappa shape index (κ3) is 3.09. The number of aromatic nitrogens is 4. The largest absolute Gasteiger partial charge is 0.481 e. The molecule has 1 aromatic carbocycles. The maximum absolute atomic E-state index is 10.8. The predicted molar refractivity (Wildman–Crippen MR) is 76.3 cm³/mol. The zero-order valence-corrected chi connectivity index (χ0v) is 11.8. The summed E-state index contributed by atoms with van der Waals surface area (Å²) in [7, 11) is 0. The number of nitrogens with zero attached hydrogens (tertiary/aromatic N) is 4. The van der Waals surface area contributed by atoms with Crippen LogP contribution in [0.25, 0.3) is 5.69 Å². The van der Waals surface area contributed by atoms with E-state index >= 15 is 0 Å². The fourth-order valence-electron chi connectivity index (χ4n) is 2.97. The van der Waals surface area contributed by atoms with Crippen molar-refractivity contribution in [3.63, 3.8) is 0 Å². The Hall–Kier alpha value is -2.24. The van der Waals surface area contributed by atoms with Crippen molar-refractivity contribution in [2.75, 3.05) is 0 Å². The number of carboxylic acid groups (broad SMARTS) is 1. The van der Waals surface area contributed by atoms with E-state index in [9.17, 15) is 4.79 Å². The van der Waals surface area contributed by atoms with E-state index in [0.717, 1.165) is 29.9 Å². The summed E-state index contributed by atoms with van der Waals surface area (Å²) >= 11 is 0. The van der Waals surface area contributed by atoms with E-state index in [2.05, 4.69) is 15.5 Å². The smallest absolute Gasteiger partial charge is 0.307 e. The molecule has 6 nitrogen and oxygen atoms in total. The van der Waals surface area contributed by atoms with Crippen LogP contribution in [0.5, 0.6) is 0 Å². The van der Waals surface area contributed by atoms with Gasteiger partial charge in [0.1, 0.15) is 0 Å². The first-order chi connectivity index (χ1) is 10.2. The standard InChI is InChI=1S/C15H18N4O2/c20-14(21)10-11-5-4-8-13(9-11)19-15(16-17-18-19)12-6-2-1-3-7-12/h4-5,8-9,12H,1-3,6-7,10H2,(H,20,21). The Kier molecular flexibility index (Phi) is 3.94. The van der Waals surface area contributed by atoms with Gasteiger partial charge in [-0.25, -0.2) is 0 Å². The van der Waals surface area contributed by atoms with Crippen molar-refractivity contribution in [1.82, 2.24) is 20.2 Å². The number of hydrogen-bond donors (Lipinski definition) is 1. The van der Waals surface area contributed by atoms with Crippen LogP contribution >= 0.6 is 0 Å². The molecule has 0 aliphatic heterocycles. The molecule has 0 spiro atoms. The lowest BCUT2D eigenvalue weighted by molar-refractivity contribution is -0.136. The van der Waals surface area contributed by atoms with Crippen molar-refractivity contribution < 1.29 is 9.90 Å². The second-order valence-electron chi connectivity index (χ2n) is 5.52. The number of aliphatic carboxylic acids is 1. The number of hydrogen-bond acceptors (Lipinski definition) is 4. The zero-order chi connectivity index (χ0) is 14.7. The maximum Gasteiger partial charge on any atom is 0.307 e. The molecule has 1 aliphatic rings. The fourth-order valence-corrected chi connectivity index (χ4v) is 2.97. The molecular formula is C15H18N4O2. The van der Waals surface area contributed by atoms with Crippen molar-refractivity contribution in [2.24, 2.45) is 0 Å². The average molecular weight is 286 g/mol. The summed E-state index contributed by atoms with van der Waals surface area (Å²) in [5.41, 5.74) is 1.59. The number of carboxylic acids is 1. The highest BCUT2D eigenvalue weighted by Gasteiger charge is 2.22. The van der Waals surface area contributed by atoms with Crippen molar-refractivity contribution in [3.8, 4) is 5.69 Å². The summed E-state index contributed by atoms with van der Waals surface area (Å²) in [6.45, 7) is 0. The summed E-state index contributed by atoms with van der Waals surface area (Å²) < 4.78 is 1.75. The molecule has 0 atom stereocenters. The van der Waals surface area contributed by atoms with Crippen LogP contribution in [0.4, 0.5) is 0 Å². The van der Waals surface area contributed by atoms with Crippen molar-refractivity contribution in [2.45, 2.75) is 44.4 Å². The molecule has 0 amide bonds. The van der Waals surface area contributed by atoms with E-state index < -0.39 is 5.97 Å². The molecule has 1 aromatic heterocycles. The van der Waals surface area contributed by atoms with Gasteiger partial charge in [0.05, 0.1) is 12.1 Å². The van der Waals surface area contributed by atoms with Gasteiger partial charge >= 0.3 is 5.97 Å². The molecule has 1 saturated carbocycles. The SMILES string of the molecule is O=C(O)Cc1cccc(-n2nnnc2C2CCCCC2)c1. The van der Waals surface area contributed by atoms with Gasteiger partial charge < -0.3 is 5.11 Å². The van der Waals surface area contributed by atoms with Crippen molar-refractivity contribution in [1.29, 1.82) is 0 Å². The van der Waals surface area contributed by atoms with Crippen LogP contribution in [0, 0.1) is 0 Å². The van der Waals surface area contributed by atoms with Crippen LogP contribution in [0.3, 0.4) is 0 Å². The zero-order valence-electron chi connectivity index (χ0n) is 11.8. The summed E-state index contributed by atoms with van der Waals surface area (Å²) in [6.07, 6.45) is 5.97. The maximum atomic E-state index is 10.8. The molecule has 0 unspecified atom stereocenters. The highest BCUT2D eigenvalue weighted by Crippen LogP contribution is 2.31. The van der Waals surface area contributed by atoms with Crippen molar-refractivity contribution in [3.05, 3.63) is 35.7 Å². The highest BCUT2D eigenvalue weighted by molar-refractivity contribution is 5.70. The van der Waals surface area contributed by atoms with Crippen LogP contribution in [0.1, 0.15) is 49.4 Å². The molecule has 2 aromatic rings. The summed E-state index contributed by atoms with van der Waals surface area (Å²) in [5.74, 6) is 0.454. The Morgan fingerprint density at radius 3 is 2.86 bits per heavy atom. The fraction of sp³-hybridized carbons (Fsp3) is 0.467. The first kappa shape index (κ1) is 13.7. The Balaban J connectivity index is 1.90. The lowest BCUT2D eigenvalue weighted by Gasteiger charge is -2.20. The van der Waals surface area contributed by atoms with Gasteiger partial charge in [-0.1, -0.05) is 31.4 Å². The van der Waals surface area contributed by atoms with Gasteiger partial charge in [-0.2, -0.15) is 4.68 Å². The minimum absolute atomic E-state index is 0.00866. The van der Waals surface area contributed by atoms with Crippen LogP contribution < -0.4 is 0 Å². The first-order valence-corrected chi connectivity index (χ1v) is 7.33. The molecule has 6 heteroatoms. The second-order valence-corrected chi connectivity index (χ2v) is 5.52. The minimum atomic E-state index is -0.837. The molecule has 21 heavy (non-hydrogen) atoms. The number of tetrazole rings is 1. The highest BCUT2D eigenvalue weighted by atomic mass is 16.4. The normalized spacial score (nSPS) is 16.0. The first-order valence-electron chi connectivity index (χ1n) is 7.33. The van der Waals surface area contributed by atoms with Crippen molar-refractivity contribution >= 4 is 5.97 Å². The molecule has 0 bridgehead atoms. The molecule has 1 fully saturated rings. The van der Waals surface area contributed by atoms with Gasteiger partial charge in [0.2, 0.25) is 0 Å². The lowest BCUT2D eigenvalue weighted by atomic mass is 9.88. The van der Waals surface area contributed by atoms with E-state index in [4.69, 9.17) is 5.11 Å².